The average Bonchev–Trinajstić information content (AvgIpc) is 3.10. The standard InChI is InChI=1S/C23H26N4O2/c28-22(24-15-14-18-8-4-3-5-9-18)23-25-21(26-29-23)19-10-12-20(13-11-19)27-16-6-1-2-7-17-27/h3-5,8-13H,1-2,6-7,14-17H2,(H,24,28). The number of nitrogens with zero attached hydrogens (tertiary/aromatic N) is 3. The number of aromatic nitrogens is 2. The molecule has 6 heteroatoms. The molecule has 1 aliphatic heterocycles. The van der Waals surface area contributed by atoms with Gasteiger partial charge in [0.05, 0.1) is 0 Å². The van der Waals surface area contributed by atoms with E-state index in [2.05, 4.69) is 32.5 Å². The number of carbonyl (C=O) groups is 1. The number of benzene rings is 2. The quantitative estimate of drug-likeness (QED) is 0.686. The molecule has 1 aromatic heterocycles. The van der Waals surface area contributed by atoms with Crippen LogP contribution in [-0.4, -0.2) is 35.7 Å². The van der Waals surface area contributed by atoms with E-state index < -0.39 is 0 Å². The molecule has 2 heterocycles. The molecule has 3 aromatic rings. The number of hydrogen-bond donors (Lipinski definition) is 1. The van der Waals surface area contributed by atoms with Crippen LogP contribution in [-0.2, 0) is 6.42 Å². The summed E-state index contributed by atoms with van der Waals surface area (Å²) in [4.78, 5) is 18.9. The smallest absolute Gasteiger partial charge is 0.316 e. The number of rotatable bonds is 6. The number of anilines is 1. The normalized spacial score (nSPS) is 14.4. The van der Waals surface area contributed by atoms with Crippen LogP contribution in [0.2, 0.25) is 0 Å². The highest BCUT2D eigenvalue weighted by Gasteiger charge is 2.16. The van der Waals surface area contributed by atoms with E-state index >= 15 is 0 Å². The second-order valence-electron chi connectivity index (χ2n) is 7.36. The highest BCUT2D eigenvalue weighted by atomic mass is 16.5. The number of nitrogens with one attached hydrogen (secondary N) is 1. The van der Waals surface area contributed by atoms with Crippen molar-refractivity contribution in [2.45, 2.75) is 32.1 Å². The van der Waals surface area contributed by atoms with Crippen molar-refractivity contribution in [2.24, 2.45) is 0 Å². The Hall–Kier alpha value is -3.15. The van der Waals surface area contributed by atoms with Crippen molar-refractivity contribution in [2.75, 3.05) is 24.5 Å². The molecule has 4 rings (SSSR count). The predicted octanol–water partition coefficient (Wildman–Crippen LogP) is 4.09. The van der Waals surface area contributed by atoms with Crippen LogP contribution in [0, 0.1) is 0 Å². The van der Waals surface area contributed by atoms with E-state index in [1.165, 1.54) is 36.9 Å². The van der Waals surface area contributed by atoms with E-state index in [1.807, 2.05) is 42.5 Å². The topological polar surface area (TPSA) is 71.3 Å². The fourth-order valence-corrected chi connectivity index (χ4v) is 3.62. The van der Waals surface area contributed by atoms with Gasteiger partial charge in [-0.25, -0.2) is 0 Å². The lowest BCUT2D eigenvalue weighted by atomic mass is 10.1. The summed E-state index contributed by atoms with van der Waals surface area (Å²) in [5.74, 6) is 0.0751. The zero-order valence-electron chi connectivity index (χ0n) is 16.5. The maximum absolute atomic E-state index is 12.3. The summed E-state index contributed by atoms with van der Waals surface area (Å²) in [7, 11) is 0. The molecule has 0 unspecified atom stereocenters. The van der Waals surface area contributed by atoms with Crippen molar-refractivity contribution < 1.29 is 9.32 Å². The largest absolute Gasteiger partial charge is 0.372 e. The van der Waals surface area contributed by atoms with Crippen molar-refractivity contribution in [3.63, 3.8) is 0 Å². The van der Waals surface area contributed by atoms with Gasteiger partial charge in [-0.05, 0) is 49.1 Å². The van der Waals surface area contributed by atoms with Gasteiger partial charge in [0.1, 0.15) is 0 Å². The van der Waals surface area contributed by atoms with E-state index in [-0.39, 0.29) is 11.8 Å². The number of carbonyl (C=O) groups excluding carboxylic acids is 1. The molecule has 1 aliphatic rings. The third-order valence-electron chi connectivity index (χ3n) is 5.26. The number of hydrogen-bond acceptors (Lipinski definition) is 5. The van der Waals surface area contributed by atoms with Gasteiger partial charge in [-0.1, -0.05) is 48.3 Å². The van der Waals surface area contributed by atoms with Crippen LogP contribution in [0.25, 0.3) is 11.4 Å². The van der Waals surface area contributed by atoms with Gasteiger partial charge < -0.3 is 14.7 Å². The van der Waals surface area contributed by atoms with E-state index in [4.69, 9.17) is 4.52 Å². The van der Waals surface area contributed by atoms with Gasteiger partial charge >= 0.3 is 11.8 Å². The Labute approximate surface area is 170 Å². The molecule has 0 bridgehead atoms. The molecule has 0 atom stereocenters. The molecule has 1 fully saturated rings. The molecule has 6 nitrogen and oxygen atoms in total. The van der Waals surface area contributed by atoms with Gasteiger partial charge in [-0.2, -0.15) is 4.98 Å². The zero-order valence-corrected chi connectivity index (χ0v) is 16.5. The Balaban J connectivity index is 1.34. The van der Waals surface area contributed by atoms with Crippen LogP contribution < -0.4 is 10.2 Å². The number of amides is 1. The molecule has 1 amide bonds. The van der Waals surface area contributed by atoms with Gasteiger partial charge in [0.2, 0.25) is 5.82 Å². The highest BCUT2D eigenvalue weighted by molar-refractivity contribution is 5.89. The fourth-order valence-electron chi connectivity index (χ4n) is 3.62. The molecule has 150 valence electrons. The third kappa shape index (κ3) is 5.02. The molecular formula is C23H26N4O2. The molecule has 1 saturated heterocycles. The Morgan fingerprint density at radius 3 is 2.41 bits per heavy atom. The minimum Gasteiger partial charge on any atom is -0.372 e. The van der Waals surface area contributed by atoms with Crippen LogP contribution in [0.3, 0.4) is 0 Å². The monoisotopic (exact) mass is 390 g/mol. The zero-order chi connectivity index (χ0) is 19.9. The Kier molecular flexibility index (Phi) is 6.19. The maximum Gasteiger partial charge on any atom is 0.316 e. The summed E-state index contributed by atoms with van der Waals surface area (Å²) >= 11 is 0. The van der Waals surface area contributed by atoms with Crippen LogP contribution in [0.15, 0.2) is 59.1 Å². The van der Waals surface area contributed by atoms with Crippen LogP contribution >= 0.6 is 0 Å². The molecule has 0 radical (unpaired) electrons. The summed E-state index contributed by atoms with van der Waals surface area (Å²) in [5.41, 5.74) is 3.23. The lowest BCUT2D eigenvalue weighted by Crippen LogP contribution is -2.25. The molecule has 1 N–H and O–H groups in total. The first kappa shape index (κ1) is 19.2. The molecule has 2 aromatic carbocycles. The van der Waals surface area contributed by atoms with E-state index in [1.54, 1.807) is 0 Å². The van der Waals surface area contributed by atoms with Gasteiger partial charge in [0.15, 0.2) is 0 Å². The van der Waals surface area contributed by atoms with E-state index in [9.17, 15) is 4.79 Å². The maximum atomic E-state index is 12.3. The van der Waals surface area contributed by atoms with Crippen LogP contribution in [0.5, 0.6) is 0 Å². The summed E-state index contributed by atoms with van der Waals surface area (Å²) in [6.45, 7) is 2.73. The van der Waals surface area contributed by atoms with Gasteiger partial charge in [-0.15, -0.1) is 0 Å². The molecule has 0 saturated carbocycles. The molecular weight excluding hydrogens is 364 g/mol. The summed E-state index contributed by atoms with van der Waals surface area (Å²) in [5, 5.41) is 6.80. The second-order valence-corrected chi connectivity index (χ2v) is 7.36. The SMILES string of the molecule is O=C(NCCc1ccccc1)c1nc(-c2ccc(N3CCCCCC3)cc2)no1. The van der Waals surface area contributed by atoms with Gasteiger partial charge in [-0.3, -0.25) is 4.79 Å². The lowest BCUT2D eigenvalue weighted by molar-refractivity contribution is 0.0910. The lowest BCUT2D eigenvalue weighted by Gasteiger charge is -2.22. The summed E-state index contributed by atoms with van der Waals surface area (Å²) in [6.07, 6.45) is 5.87. The second kappa shape index (κ2) is 9.37. The Morgan fingerprint density at radius 2 is 1.69 bits per heavy atom. The fraction of sp³-hybridized carbons (Fsp3) is 0.348. The highest BCUT2D eigenvalue weighted by Crippen LogP contribution is 2.23. The van der Waals surface area contributed by atoms with Crippen molar-refractivity contribution in [3.8, 4) is 11.4 Å². The van der Waals surface area contributed by atoms with Crippen LogP contribution in [0.1, 0.15) is 41.9 Å². The Bertz CT molecular complexity index is 914. The molecule has 29 heavy (non-hydrogen) atoms. The van der Waals surface area contributed by atoms with Gasteiger partial charge in [0.25, 0.3) is 0 Å². The van der Waals surface area contributed by atoms with Crippen molar-refractivity contribution >= 4 is 11.6 Å². The minimum atomic E-state index is -0.346. The summed E-state index contributed by atoms with van der Waals surface area (Å²) < 4.78 is 5.16. The first-order chi connectivity index (χ1) is 14.3. The molecule has 0 spiro atoms. The van der Waals surface area contributed by atoms with E-state index in [0.29, 0.717) is 12.4 Å². The van der Waals surface area contributed by atoms with Crippen molar-refractivity contribution in [1.82, 2.24) is 15.5 Å². The Morgan fingerprint density at radius 1 is 0.966 bits per heavy atom. The van der Waals surface area contributed by atoms with Crippen molar-refractivity contribution in [3.05, 3.63) is 66.1 Å². The van der Waals surface area contributed by atoms with Crippen molar-refractivity contribution in [1.29, 1.82) is 0 Å². The molecule has 0 aliphatic carbocycles. The average molecular weight is 390 g/mol. The summed E-state index contributed by atoms with van der Waals surface area (Å²) in [6, 6.07) is 18.2. The van der Waals surface area contributed by atoms with E-state index in [0.717, 1.165) is 25.1 Å². The van der Waals surface area contributed by atoms with Gasteiger partial charge in [0, 0.05) is 30.9 Å². The first-order valence-corrected chi connectivity index (χ1v) is 10.3. The predicted molar refractivity (Wildman–Crippen MR) is 113 cm³/mol. The third-order valence-corrected chi connectivity index (χ3v) is 5.26. The first-order valence-electron chi connectivity index (χ1n) is 10.3. The minimum absolute atomic E-state index is 0.00958. The van der Waals surface area contributed by atoms with Crippen LogP contribution in [0.4, 0.5) is 5.69 Å².